The molecule has 2 rings (SSSR count). The number of rotatable bonds is 6. The summed E-state index contributed by atoms with van der Waals surface area (Å²) in [6, 6.07) is 2.01. The van der Waals surface area contributed by atoms with Gasteiger partial charge in [0.1, 0.15) is 5.75 Å². The lowest BCUT2D eigenvalue weighted by atomic mass is 9.92. The molecule has 0 bridgehead atoms. The molecule has 1 saturated heterocycles. The lowest BCUT2D eigenvalue weighted by Gasteiger charge is -2.32. The molecule has 8 heteroatoms. The van der Waals surface area contributed by atoms with Crippen LogP contribution in [0.5, 0.6) is 5.75 Å². The third kappa shape index (κ3) is 4.40. The minimum Gasteiger partial charge on any atom is -0.496 e. The summed E-state index contributed by atoms with van der Waals surface area (Å²) in [6.07, 6.45) is 4.04. The van der Waals surface area contributed by atoms with Crippen molar-refractivity contribution in [1.82, 2.24) is 9.73 Å². The van der Waals surface area contributed by atoms with E-state index < -0.39 is 10.0 Å². The smallest absolute Gasteiger partial charge is 0.211 e. The molecule has 0 spiro atoms. The highest BCUT2D eigenvalue weighted by atomic mass is 32.2. The van der Waals surface area contributed by atoms with E-state index >= 15 is 0 Å². The Kier molecular flexibility index (Phi) is 5.61. The zero-order chi connectivity index (χ0) is 15.5. The Morgan fingerprint density at radius 3 is 2.95 bits per heavy atom. The second-order valence-electron chi connectivity index (χ2n) is 5.47. The summed E-state index contributed by atoms with van der Waals surface area (Å²) in [5, 5.41) is 1.95. The quantitative estimate of drug-likeness (QED) is 0.606. The maximum absolute atomic E-state index is 11.7. The van der Waals surface area contributed by atoms with Crippen LogP contribution in [0.1, 0.15) is 30.2 Å². The van der Waals surface area contributed by atoms with Gasteiger partial charge in [0.05, 0.1) is 19.4 Å². The molecule has 3 N–H and O–H groups in total. The topological polar surface area (TPSA) is 84.7 Å². The molecule has 6 nitrogen and oxygen atoms in total. The fourth-order valence-electron chi connectivity index (χ4n) is 2.74. The van der Waals surface area contributed by atoms with Crippen LogP contribution in [0.15, 0.2) is 11.4 Å². The van der Waals surface area contributed by atoms with Gasteiger partial charge in [0.25, 0.3) is 0 Å². The number of nitrogens with zero attached hydrogens (tertiary/aromatic N) is 1. The summed E-state index contributed by atoms with van der Waals surface area (Å²) in [5.74, 6) is 6.83. The Morgan fingerprint density at radius 1 is 1.62 bits per heavy atom. The highest BCUT2D eigenvalue weighted by molar-refractivity contribution is 7.88. The summed E-state index contributed by atoms with van der Waals surface area (Å²) in [6.45, 7) is 1.21. The van der Waals surface area contributed by atoms with Crippen LogP contribution in [0.2, 0.25) is 0 Å². The van der Waals surface area contributed by atoms with Gasteiger partial charge in [0, 0.05) is 23.3 Å². The van der Waals surface area contributed by atoms with Gasteiger partial charge in [-0.2, -0.15) is 0 Å². The standard InChI is InChI=1S/C13H23N3O3S2/c1-19-11-7-13(20-9-11)12(15-14)6-10-4-3-5-16(8-10)21(2,17)18/h7,9-10,12,15H,3-6,8,14H2,1-2H3. The predicted octanol–water partition coefficient (Wildman–Crippen LogP) is 1.32. The van der Waals surface area contributed by atoms with E-state index in [4.69, 9.17) is 10.6 Å². The van der Waals surface area contributed by atoms with Crippen LogP contribution < -0.4 is 16.0 Å². The summed E-state index contributed by atoms with van der Waals surface area (Å²) >= 11 is 1.60. The fraction of sp³-hybridized carbons (Fsp3) is 0.692. The van der Waals surface area contributed by atoms with Crippen molar-refractivity contribution in [3.63, 3.8) is 0 Å². The van der Waals surface area contributed by atoms with Crippen molar-refractivity contribution in [1.29, 1.82) is 0 Å². The molecule has 0 aliphatic carbocycles. The molecule has 2 heterocycles. The van der Waals surface area contributed by atoms with Crippen molar-refractivity contribution < 1.29 is 13.2 Å². The number of hydrogen-bond acceptors (Lipinski definition) is 6. The largest absolute Gasteiger partial charge is 0.496 e. The van der Waals surface area contributed by atoms with Gasteiger partial charge >= 0.3 is 0 Å². The van der Waals surface area contributed by atoms with E-state index in [0.29, 0.717) is 19.0 Å². The van der Waals surface area contributed by atoms with Gasteiger partial charge in [0.15, 0.2) is 0 Å². The first kappa shape index (κ1) is 16.7. The second-order valence-corrected chi connectivity index (χ2v) is 8.40. The number of ether oxygens (including phenoxy) is 1. The number of thiophene rings is 1. The Labute approximate surface area is 130 Å². The Balaban J connectivity index is 2.01. The zero-order valence-corrected chi connectivity index (χ0v) is 14.0. The van der Waals surface area contributed by atoms with Gasteiger partial charge in [-0.05, 0) is 31.2 Å². The van der Waals surface area contributed by atoms with Crippen molar-refractivity contribution in [2.75, 3.05) is 26.5 Å². The van der Waals surface area contributed by atoms with Crippen LogP contribution >= 0.6 is 11.3 Å². The van der Waals surface area contributed by atoms with E-state index in [2.05, 4.69) is 5.43 Å². The molecule has 0 amide bonds. The van der Waals surface area contributed by atoms with Crippen molar-refractivity contribution in [2.45, 2.75) is 25.3 Å². The van der Waals surface area contributed by atoms with Gasteiger partial charge in [-0.25, -0.2) is 12.7 Å². The lowest BCUT2D eigenvalue weighted by molar-refractivity contribution is 0.239. The molecule has 1 aliphatic heterocycles. The number of hydrogen-bond donors (Lipinski definition) is 2. The maximum Gasteiger partial charge on any atom is 0.211 e. The maximum atomic E-state index is 11.7. The highest BCUT2D eigenvalue weighted by Crippen LogP contribution is 2.33. The van der Waals surface area contributed by atoms with Crippen LogP contribution in [0.3, 0.4) is 0 Å². The molecule has 1 fully saturated rings. The summed E-state index contributed by atoms with van der Waals surface area (Å²) in [5.41, 5.74) is 2.84. The van der Waals surface area contributed by atoms with Crippen molar-refractivity contribution in [2.24, 2.45) is 11.8 Å². The molecule has 21 heavy (non-hydrogen) atoms. The van der Waals surface area contributed by atoms with Crippen molar-refractivity contribution >= 4 is 21.4 Å². The summed E-state index contributed by atoms with van der Waals surface area (Å²) in [4.78, 5) is 1.12. The van der Waals surface area contributed by atoms with Crippen LogP contribution in [0.25, 0.3) is 0 Å². The number of hydrazine groups is 1. The monoisotopic (exact) mass is 333 g/mol. The first-order valence-electron chi connectivity index (χ1n) is 6.97. The summed E-state index contributed by atoms with van der Waals surface area (Å²) < 4.78 is 30.1. The molecular weight excluding hydrogens is 310 g/mol. The number of methoxy groups -OCH3 is 1. The lowest BCUT2D eigenvalue weighted by Crippen LogP contribution is -2.40. The van der Waals surface area contributed by atoms with E-state index in [9.17, 15) is 8.42 Å². The average molecular weight is 333 g/mol. The molecule has 2 atom stereocenters. The predicted molar refractivity (Wildman–Crippen MR) is 84.7 cm³/mol. The van der Waals surface area contributed by atoms with E-state index in [1.54, 1.807) is 22.8 Å². The minimum absolute atomic E-state index is 0.0309. The minimum atomic E-state index is -3.10. The highest BCUT2D eigenvalue weighted by Gasteiger charge is 2.28. The van der Waals surface area contributed by atoms with E-state index in [1.165, 1.54) is 6.26 Å². The van der Waals surface area contributed by atoms with Crippen LogP contribution in [0.4, 0.5) is 0 Å². The molecule has 0 radical (unpaired) electrons. The number of nitrogens with one attached hydrogen (secondary N) is 1. The number of sulfonamides is 1. The van der Waals surface area contributed by atoms with Gasteiger partial charge in [-0.15, -0.1) is 11.3 Å². The van der Waals surface area contributed by atoms with Crippen molar-refractivity contribution in [3.8, 4) is 5.75 Å². The first-order valence-corrected chi connectivity index (χ1v) is 9.70. The third-order valence-electron chi connectivity index (χ3n) is 3.90. The average Bonchev–Trinajstić information content (AvgIpc) is 2.93. The summed E-state index contributed by atoms with van der Waals surface area (Å²) in [7, 11) is -1.46. The van der Waals surface area contributed by atoms with E-state index in [1.807, 2.05) is 11.4 Å². The molecule has 2 unspecified atom stereocenters. The van der Waals surface area contributed by atoms with Crippen molar-refractivity contribution in [3.05, 3.63) is 16.3 Å². The van der Waals surface area contributed by atoms with Gasteiger partial charge < -0.3 is 4.74 Å². The van der Waals surface area contributed by atoms with Crippen LogP contribution in [-0.2, 0) is 10.0 Å². The van der Waals surface area contributed by atoms with Gasteiger partial charge in [0.2, 0.25) is 10.0 Å². The molecule has 1 aromatic rings. The van der Waals surface area contributed by atoms with Gasteiger partial charge in [-0.1, -0.05) is 0 Å². The number of piperidine rings is 1. The van der Waals surface area contributed by atoms with Gasteiger partial charge in [-0.3, -0.25) is 11.3 Å². The molecular formula is C13H23N3O3S2. The molecule has 0 aromatic carbocycles. The van der Waals surface area contributed by atoms with E-state index in [0.717, 1.165) is 29.9 Å². The Bertz CT molecular complexity index is 559. The van der Waals surface area contributed by atoms with Crippen LogP contribution in [0, 0.1) is 5.92 Å². The Hall–Kier alpha value is -0.670. The first-order chi connectivity index (χ1) is 9.94. The fourth-order valence-corrected chi connectivity index (χ4v) is 4.62. The zero-order valence-electron chi connectivity index (χ0n) is 12.4. The normalized spacial score (nSPS) is 22.1. The molecule has 1 aliphatic rings. The molecule has 1 aromatic heterocycles. The molecule has 120 valence electrons. The van der Waals surface area contributed by atoms with Crippen LogP contribution in [-0.4, -0.2) is 39.2 Å². The Morgan fingerprint density at radius 2 is 2.38 bits per heavy atom. The second kappa shape index (κ2) is 7.06. The van der Waals surface area contributed by atoms with E-state index in [-0.39, 0.29) is 6.04 Å². The molecule has 0 saturated carbocycles. The SMILES string of the molecule is COc1csc(C(CC2CCCN(S(C)(=O)=O)C2)NN)c1. The third-order valence-corrected chi connectivity index (χ3v) is 6.19. The number of nitrogens with two attached hydrogens (primary N) is 1.